The molecule has 522 valence electrons. The fourth-order valence-corrected chi connectivity index (χ4v) is 11.0. The Labute approximate surface area is 553 Å². The highest BCUT2D eigenvalue weighted by Gasteiger charge is 2.39. The van der Waals surface area contributed by atoms with Crippen molar-refractivity contribution in [2.24, 2.45) is 29.6 Å². The number of carbonyl (C=O) groups is 10. The van der Waals surface area contributed by atoms with Crippen LogP contribution in [0.25, 0.3) is 0 Å². The molecule has 8 N–H and O–H groups in total. The first-order chi connectivity index (χ1) is 43.9. The number of amides is 8. The summed E-state index contributed by atoms with van der Waals surface area (Å²) in [6.45, 7) is 25.0. The number of carbonyl (C=O) groups excluding carboxylic acids is 10. The van der Waals surface area contributed by atoms with Crippen LogP contribution in [-0.4, -0.2) is 127 Å². The van der Waals surface area contributed by atoms with E-state index in [1.165, 1.54) is 6.42 Å². The molecule has 9 atom stereocenters. The Kier molecular flexibility index (Phi) is 35.1. The monoisotopic (exact) mass is 1300 g/mol. The summed E-state index contributed by atoms with van der Waals surface area (Å²) in [5, 5.41) is 22.6. The number of benzene rings is 2. The van der Waals surface area contributed by atoms with Gasteiger partial charge in [-0.05, 0) is 124 Å². The summed E-state index contributed by atoms with van der Waals surface area (Å²) >= 11 is 0. The summed E-state index contributed by atoms with van der Waals surface area (Å²) in [6, 6.07) is 4.13. The zero-order valence-corrected chi connectivity index (χ0v) is 58.6. The molecule has 0 aliphatic carbocycles. The molecule has 1 saturated heterocycles. The maximum atomic E-state index is 15.0. The Hall–Kier alpha value is -7.26. The number of cyclic esters (lactones) is 1. The van der Waals surface area contributed by atoms with Crippen LogP contribution in [-0.2, 0) is 57.4 Å². The van der Waals surface area contributed by atoms with Gasteiger partial charge in [-0.3, -0.25) is 43.2 Å². The van der Waals surface area contributed by atoms with Crippen molar-refractivity contribution in [3.8, 4) is 11.5 Å². The molecule has 1 aliphatic rings. The Morgan fingerprint density at radius 1 is 0.527 bits per heavy atom. The topological polar surface area (TPSA) is 304 Å². The van der Waals surface area contributed by atoms with E-state index in [1.807, 2.05) is 72.7 Å². The first-order valence-electron chi connectivity index (χ1n) is 34.0. The minimum absolute atomic E-state index is 0.0579. The number of ether oxygens (including phenoxy) is 4. The summed E-state index contributed by atoms with van der Waals surface area (Å²) in [5.41, 5.74) is 0.457. The number of unbranched alkanes of at least 4 members (excludes halogenated alkanes) is 8. The molecule has 1 fully saturated rings. The molecular formula is C71H114N8O14. The van der Waals surface area contributed by atoms with Gasteiger partial charge in [-0.2, -0.15) is 0 Å². The maximum absolute atomic E-state index is 15.0. The van der Waals surface area contributed by atoms with Gasteiger partial charge in [-0.15, -0.1) is 0 Å². The molecular weight excluding hydrogens is 1190 g/mol. The largest absolute Gasteiger partial charge is 0.497 e. The Morgan fingerprint density at radius 3 is 1.38 bits per heavy atom. The van der Waals surface area contributed by atoms with E-state index in [9.17, 15) is 47.9 Å². The molecule has 1 aliphatic heterocycles. The summed E-state index contributed by atoms with van der Waals surface area (Å²) in [7, 11) is 3.10. The number of esters is 2. The molecule has 22 heteroatoms. The highest BCUT2D eigenvalue weighted by molar-refractivity contribution is 5.98. The SMILES string of the molecule is CCCCCCCCCCCC1CC(=O)N[C@@H](CCC(=O)NC(c2ccc(OC)cc2)c2ccc(OC)cc2)C(=O)N[C@@H](CC(C)C)C(=O)N[C@H](CC(C)C)C(=O)N[C@@H](C(C)C)C(=O)N[C@@H](CC(=O)OC(C)(C)C)C(=O)N[C@@H](CC(C)C)C(=O)N[C@@H]([C@@H](C)CC)C(=O)O1. The minimum Gasteiger partial charge on any atom is -0.497 e. The van der Waals surface area contributed by atoms with E-state index >= 15 is 0 Å². The van der Waals surface area contributed by atoms with E-state index in [0.717, 1.165) is 56.1 Å². The fourth-order valence-electron chi connectivity index (χ4n) is 11.0. The molecule has 1 unspecified atom stereocenters. The van der Waals surface area contributed by atoms with Crippen LogP contribution in [0.5, 0.6) is 11.5 Å². The van der Waals surface area contributed by atoms with Crippen LogP contribution >= 0.6 is 0 Å². The molecule has 1 heterocycles. The van der Waals surface area contributed by atoms with Crippen LogP contribution in [0.15, 0.2) is 48.5 Å². The Morgan fingerprint density at radius 2 is 0.946 bits per heavy atom. The van der Waals surface area contributed by atoms with Crippen molar-refractivity contribution in [2.45, 2.75) is 273 Å². The molecule has 0 saturated carbocycles. The van der Waals surface area contributed by atoms with Gasteiger partial charge in [-0.25, -0.2) is 4.79 Å². The third kappa shape index (κ3) is 29.7. The highest BCUT2D eigenvalue weighted by atomic mass is 16.6. The highest BCUT2D eigenvalue weighted by Crippen LogP contribution is 2.27. The lowest BCUT2D eigenvalue weighted by Gasteiger charge is -2.30. The lowest BCUT2D eigenvalue weighted by molar-refractivity contribution is -0.158. The van der Waals surface area contributed by atoms with Crippen molar-refractivity contribution in [3.63, 3.8) is 0 Å². The van der Waals surface area contributed by atoms with E-state index in [0.29, 0.717) is 24.3 Å². The summed E-state index contributed by atoms with van der Waals surface area (Å²) in [4.78, 5) is 145. The Bertz CT molecular complexity index is 2650. The lowest BCUT2D eigenvalue weighted by atomic mass is 9.97. The van der Waals surface area contributed by atoms with Gasteiger partial charge in [-0.1, -0.05) is 158 Å². The first-order valence-corrected chi connectivity index (χ1v) is 34.0. The van der Waals surface area contributed by atoms with Gasteiger partial charge in [0.05, 0.1) is 33.1 Å². The van der Waals surface area contributed by atoms with Crippen molar-refractivity contribution < 1.29 is 66.9 Å². The number of methoxy groups -OCH3 is 2. The summed E-state index contributed by atoms with van der Waals surface area (Å²) in [6.07, 6.45) is 7.05. The van der Waals surface area contributed by atoms with Crippen LogP contribution < -0.4 is 52.0 Å². The summed E-state index contributed by atoms with van der Waals surface area (Å²) < 4.78 is 22.7. The molecule has 0 bridgehead atoms. The zero-order valence-electron chi connectivity index (χ0n) is 58.6. The van der Waals surface area contributed by atoms with Gasteiger partial charge in [0.25, 0.3) is 0 Å². The molecule has 0 radical (unpaired) electrons. The summed E-state index contributed by atoms with van der Waals surface area (Å²) in [5.74, 6) is -8.24. The van der Waals surface area contributed by atoms with Gasteiger partial charge in [0.1, 0.15) is 65.5 Å². The van der Waals surface area contributed by atoms with Gasteiger partial charge in [0, 0.05) is 6.42 Å². The van der Waals surface area contributed by atoms with Crippen molar-refractivity contribution in [1.29, 1.82) is 0 Å². The molecule has 3 rings (SSSR count). The second-order valence-electron chi connectivity index (χ2n) is 27.6. The Balaban J connectivity index is 2.26. The van der Waals surface area contributed by atoms with Crippen LogP contribution in [0, 0.1) is 29.6 Å². The second-order valence-corrected chi connectivity index (χ2v) is 27.6. The lowest BCUT2D eigenvalue weighted by Crippen LogP contribution is -2.61. The fraction of sp³-hybridized carbons (Fsp3) is 0.690. The van der Waals surface area contributed by atoms with Crippen LogP contribution in [0.1, 0.15) is 230 Å². The van der Waals surface area contributed by atoms with Crippen LogP contribution in [0.3, 0.4) is 0 Å². The third-order valence-corrected chi connectivity index (χ3v) is 16.3. The molecule has 22 nitrogen and oxygen atoms in total. The predicted molar refractivity (Wildman–Crippen MR) is 358 cm³/mol. The smallest absolute Gasteiger partial charge is 0.329 e. The number of hydrogen-bond donors (Lipinski definition) is 8. The molecule has 2 aromatic carbocycles. The quantitative estimate of drug-likeness (QED) is 0.0279. The van der Waals surface area contributed by atoms with Crippen molar-refractivity contribution in [1.82, 2.24) is 42.5 Å². The number of nitrogens with one attached hydrogen (secondary N) is 8. The van der Waals surface area contributed by atoms with Gasteiger partial charge in [0.15, 0.2) is 0 Å². The van der Waals surface area contributed by atoms with Gasteiger partial charge < -0.3 is 61.5 Å². The standard InChI is InChI=1S/C71H114N8O14/c1-17-19-20-21-22-23-24-25-26-27-52-41-59(81)72-53(36-37-58(80)77-63(48-28-32-50(90-15)33-29-48)49-30-34-51(91-16)35-31-49)64(83)73-54(38-43(3)4)65(84)74-55(39-44(5)6)67(86)78-61(46(9)10)69(88)76-57(42-60(82)93-71(12,13)14)66(85)75-56(40-45(7)8)68(87)79-62(47(11)18-2)70(89)92-52/h28-35,43-47,52-57,61-63H,17-27,36-42H2,1-16H3,(H,72,81)(H,73,83)(H,74,84)(H,75,85)(H,76,88)(H,77,80)(H,78,86)(H,79,87)/t47-,52?,53-,54-,55+,56-,57-,61-,62-/m0/s1. The number of rotatable bonds is 29. The molecule has 2 aromatic rings. The molecule has 93 heavy (non-hydrogen) atoms. The van der Waals surface area contributed by atoms with E-state index in [4.69, 9.17) is 18.9 Å². The van der Waals surface area contributed by atoms with Crippen LogP contribution in [0.2, 0.25) is 0 Å². The molecule has 0 spiro atoms. The van der Waals surface area contributed by atoms with Crippen molar-refractivity contribution in [3.05, 3.63) is 59.7 Å². The first kappa shape index (κ1) is 80.0. The van der Waals surface area contributed by atoms with Gasteiger partial charge >= 0.3 is 11.9 Å². The average Bonchev–Trinajstić information content (AvgIpc) is 3.08. The van der Waals surface area contributed by atoms with Crippen molar-refractivity contribution >= 4 is 59.2 Å². The maximum Gasteiger partial charge on any atom is 0.329 e. The average molecular weight is 1300 g/mol. The minimum atomic E-state index is -1.63. The molecule has 0 aromatic heterocycles. The van der Waals surface area contributed by atoms with E-state index in [2.05, 4.69) is 49.5 Å². The zero-order chi connectivity index (χ0) is 69.5. The van der Waals surface area contributed by atoms with E-state index < -0.39 is 144 Å². The number of hydrogen-bond acceptors (Lipinski definition) is 14. The third-order valence-electron chi connectivity index (χ3n) is 16.3. The van der Waals surface area contributed by atoms with E-state index in [-0.39, 0.29) is 56.3 Å². The molecule has 8 amide bonds. The normalized spacial score (nSPS) is 21.7. The van der Waals surface area contributed by atoms with E-state index in [1.54, 1.807) is 80.0 Å². The van der Waals surface area contributed by atoms with Crippen LogP contribution in [0.4, 0.5) is 0 Å². The second kappa shape index (κ2) is 40.8. The van der Waals surface area contributed by atoms with Crippen molar-refractivity contribution in [2.75, 3.05) is 14.2 Å². The predicted octanol–water partition coefficient (Wildman–Crippen LogP) is 8.89. The van der Waals surface area contributed by atoms with Gasteiger partial charge in [0.2, 0.25) is 47.3 Å².